The third kappa shape index (κ3) is 2.64. The molecule has 0 saturated heterocycles. The summed E-state index contributed by atoms with van der Waals surface area (Å²) in [6.07, 6.45) is 1.68. The first kappa shape index (κ1) is 11.1. The largest absolute Gasteiger partial charge is 0.319 e. The number of aryl methyl sites for hydroxylation is 1. The minimum Gasteiger partial charge on any atom is -0.319 e. The van der Waals surface area contributed by atoms with Gasteiger partial charge in [-0.15, -0.1) is 19.0 Å². The molecule has 2 nitrogen and oxygen atoms in total. The van der Waals surface area contributed by atoms with Crippen LogP contribution in [0.5, 0.6) is 0 Å². The van der Waals surface area contributed by atoms with Crippen molar-refractivity contribution in [3.63, 3.8) is 0 Å². The monoisotopic (exact) mass is 184 g/mol. The third-order valence-corrected chi connectivity index (χ3v) is 1.51. The smallest absolute Gasteiger partial charge is 0.0653 e. The highest BCUT2D eigenvalue weighted by atomic mass is 35.5. The molecule has 1 heterocycles. The number of hydrogen-bond acceptors (Lipinski definition) is 2. The first-order valence-electron chi connectivity index (χ1n) is 3.55. The van der Waals surface area contributed by atoms with E-state index in [0.29, 0.717) is 0 Å². The molecule has 1 atom stereocenters. The number of nitrogens with two attached hydrogens (primary N) is 1. The number of hydrogen-bond donors (Lipinski definition) is 1. The summed E-state index contributed by atoms with van der Waals surface area (Å²) in [7, 11) is 0. The first-order chi connectivity index (χ1) is 5.24. The van der Waals surface area contributed by atoms with Gasteiger partial charge in [-0.1, -0.05) is 12.1 Å². The number of nitrogens with zero attached hydrogens (tertiary/aromatic N) is 1. The van der Waals surface area contributed by atoms with Crippen LogP contribution < -0.4 is 5.73 Å². The lowest BCUT2D eigenvalue weighted by Gasteiger charge is -2.04. The summed E-state index contributed by atoms with van der Waals surface area (Å²) in [5, 5.41) is 0. The molecule has 0 aliphatic heterocycles. The van der Waals surface area contributed by atoms with E-state index in [9.17, 15) is 0 Å². The molecule has 12 heavy (non-hydrogen) atoms. The second-order valence-corrected chi connectivity index (χ2v) is 2.47. The van der Waals surface area contributed by atoms with E-state index in [0.717, 1.165) is 11.4 Å². The average molecular weight is 185 g/mol. The summed E-state index contributed by atoms with van der Waals surface area (Å²) in [5.74, 6) is 0. The zero-order chi connectivity index (χ0) is 8.27. The zero-order valence-corrected chi connectivity index (χ0v) is 7.84. The van der Waals surface area contributed by atoms with Gasteiger partial charge >= 0.3 is 0 Å². The Morgan fingerprint density at radius 2 is 2.25 bits per heavy atom. The number of aromatic nitrogens is 1. The highest BCUT2D eigenvalue weighted by molar-refractivity contribution is 5.85. The fraction of sp³-hybridized carbons (Fsp3) is 0.222. The maximum Gasteiger partial charge on any atom is 0.0653 e. The molecular formula is C9H13ClN2. The van der Waals surface area contributed by atoms with E-state index in [4.69, 9.17) is 5.73 Å². The van der Waals surface area contributed by atoms with Gasteiger partial charge in [-0.05, 0) is 19.1 Å². The maximum atomic E-state index is 5.68. The minimum absolute atomic E-state index is 0. The zero-order valence-electron chi connectivity index (χ0n) is 7.03. The van der Waals surface area contributed by atoms with Gasteiger partial charge in [-0.3, -0.25) is 4.98 Å². The molecule has 1 aromatic heterocycles. The predicted octanol–water partition coefficient (Wildman–Crippen LogP) is 2.00. The van der Waals surface area contributed by atoms with Gasteiger partial charge in [0, 0.05) is 5.69 Å². The molecule has 0 spiro atoms. The van der Waals surface area contributed by atoms with E-state index in [-0.39, 0.29) is 18.4 Å². The van der Waals surface area contributed by atoms with E-state index in [1.165, 1.54) is 0 Å². The molecule has 1 aromatic rings. The van der Waals surface area contributed by atoms with Crippen LogP contribution in [-0.4, -0.2) is 4.98 Å². The molecule has 0 unspecified atom stereocenters. The van der Waals surface area contributed by atoms with Crippen LogP contribution in [-0.2, 0) is 0 Å². The van der Waals surface area contributed by atoms with Crippen molar-refractivity contribution < 1.29 is 0 Å². The fourth-order valence-electron chi connectivity index (χ4n) is 0.871. The average Bonchev–Trinajstić information content (AvgIpc) is 2.03. The highest BCUT2D eigenvalue weighted by Gasteiger charge is 2.00. The maximum absolute atomic E-state index is 5.68. The summed E-state index contributed by atoms with van der Waals surface area (Å²) in [6, 6.07) is 5.65. The Morgan fingerprint density at radius 1 is 1.58 bits per heavy atom. The van der Waals surface area contributed by atoms with Crippen LogP contribution in [0.15, 0.2) is 30.9 Å². The van der Waals surface area contributed by atoms with Gasteiger partial charge in [0.1, 0.15) is 0 Å². The van der Waals surface area contributed by atoms with E-state index in [2.05, 4.69) is 11.6 Å². The van der Waals surface area contributed by atoms with E-state index < -0.39 is 0 Å². The van der Waals surface area contributed by atoms with E-state index in [1.807, 2.05) is 25.1 Å². The number of pyridine rings is 1. The van der Waals surface area contributed by atoms with Crippen molar-refractivity contribution in [3.05, 3.63) is 42.2 Å². The molecule has 0 radical (unpaired) electrons. The van der Waals surface area contributed by atoms with Gasteiger partial charge in [0.2, 0.25) is 0 Å². The van der Waals surface area contributed by atoms with Crippen molar-refractivity contribution in [1.29, 1.82) is 0 Å². The normalized spacial score (nSPS) is 11.5. The van der Waals surface area contributed by atoms with Crippen molar-refractivity contribution in [3.8, 4) is 0 Å². The molecule has 0 aliphatic rings. The molecule has 3 heteroatoms. The molecule has 0 fully saturated rings. The summed E-state index contributed by atoms with van der Waals surface area (Å²) in [5.41, 5.74) is 7.54. The lowest BCUT2D eigenvalue weighted by molar-refractivity contribution is 0.855. The Morgan fingerprint density at radius 3 is 2.75 bits per heavy atom. The molecule has 1 rings (SSSR count). The van der Waals surface area contributed by atoms with Crippen LogP contribution in [0, 0.1) is 6.92 Å². The Balaban J connectivity index is 0.00000121. The topological polar surface area (TPSA) is 38.9 Å². The molecule has 0 amide bonds. The van der Waals surface area contributed by atoms with Crippen molar-refractivity contribution in [2.24, 2.45) is 5.73 Å². The van der Waals surface area contributed by atoms with Gasteiger partial charge < -0.3 is 5.73 Å². The predicted molar refractivity (Wildman–Crippen MR) is 53.3 cm³/mol. The molecule has 0 aliphatic carbocycles. The number of rotatable bonds is 2. The quantitative estimate of drug-likeness (QED) is 0.715. The molecule has 66 valence electrons. The van der Waals surface area contributed by atoms with Crippen LogP contribution in [0.1, 0.15) is 17.4 Å². The van der Waals surface area contributed by atoms with Gasteiger partial charge in [0.15, 0.2) is 0 Å². The Kier molecular flexibility index (Phi) is 4.55. The van der Waals surface area contributed by atoms with Gasteiger partial charge in [0.25, 0.3) is 0 Å². The number of halogens is 1. The molecule has 0 saturated carbocycles. The SMILES string of the molecule is C=C[C@H](N)c1cccc(C)n1.Cl. The van der Waals surface area contributed by atoms with Crippen molar-refractivity contribution in [1.82, 2.24) is 4.98 Å². The van der Waals surface area contributed by atoms with Gasteiger partial charge in [-0.2, -0.15) is 0 Å². The molecule has 0 aromatic carbocycles. The Hall–Kier alpha value is -0.860. The van der Waals surface area contributed by atoms with Crippen LogP contribution in [0.4, 0.5) is 0 Å². The Bertz CT molecular complexity index is 260. The molecule has 2 N–H and O–H groups in total. The third-order valence-electron chi connectivity index (χ3n) is 1.51. The van der Waals surface area contributed by atoms with Crippen LogP contribution in [0.3, 0.4) is 0 Å². The minimum atomic E-state index is -0.144. The van der Waals surface area contributed by atoms with E-state index >= 15 is 0 Å². The second kappa shape index (κ2) is 4.91. The van der Waals surface area contributed by atoms with E-state index in [1.54, 1.807) is 6.08 Å². The fourth-order valence-corrected chi connectivity index (χ4v) is 0.871. The molecule has 0 bridgehead atoms. The summed E-state index contributed by atoms with van der Waals surface area (Å²) >= 11 is 0. The van der Waals surface area contributed by atoms with Crippen molar-refractivity contribution >= 4 is 12.4 Å². The first-order valence-corrected chi connectivity index (χ1v) is 3.55. The molecular weight excluding hydrogens is 172 g/mol. The van der Waals surface area contributed by atoms with Gasteiger partial charge in [0.05, 0.1) is 11.7 Å². The van der Waals surface area contributed by atoms with Crippen LogP contribution >= 0.6 is 12.4 Å². The summed E-state index contributed by atoms with van der Waals surface area (Å²) < 4.78 is 0. The summed E-state index contributed by atoms with van der Waals surface area (Å²) in [4.78, 5) is 4.25. The van der Waals surface area contributed by atoms with Crippen LogP contribution in [0.25, 0.3) is 0 Å². The Labute approximate surface area is 78.9 Å². The van der Waals surface area contributed by atoms with Crippen molar-refractivity contribution in [2.75, 3.05) is 0 Å². The lowest BCUT2D eigenvalue weighted by Crippen LogP contribution is -2.08. The summed E-state index contributed by atoms with van der Waals surface area (Å²) in [6.45, 7) is 5.55. The van der Waals surface area contributed by atoms with Gasteiger partial charge in [-0.25, -0.2) is 0 Å². The highest BCUT2D eigenvalue weighted by Crippen LogP contribution is 2.07. The second-order valence-electron chi connectivity index (χ2n) is 2.47. The van der Waals surface area contributed by atoms with Crippen molar-refractivity contribution in [2.45, 2.75) is 13.0 Å². The lowest BCUT2D eigenvalue weighted by atomic mass is 10.2. The van der Waals surface area contributed by atoms with Crippen LogP contribution in [0.2, 0.25) is 0 Å². The standard InChI is InChI=1S/C9H12N2.ClH/c1-3-8(10)9-6-4-5-7(2)11-9;/h3-6,8H,1,10H2,2H3;1H/t8-;/m0./s1.